The molecule has 0 aliphatic carbocycles. The predicted octanol–water partition coefficient (Wildman–Crippen LogP) is 3.54. The Kier molecular flexibility index (Phi) is 4.98. The molecule has 1 aromatic carbocycles. The van der Waals surface area contributed by atoms with E-state index < -0.39 is 4.92 Å². The number of alkyl halides is 1. The fourth-order valence-electron chi connectivity index (χ4n) is 2.79. The van der Waals surface area contributed by atoms with Crippen LogP contribution in [-0.4, -0.2) is 33.6 Å². The quantitative estimate of drug-likeness (QED) is 0.473. The first-order valence-corrected chi connectivity index (χ1v) is 8.00. The van der Waals surface area contributed by atoms with Gasteiger partial charge in [0.1, 0.15) is 0 Å². The number of hydrogen-bond donors (Lipinski definition) is 0. The third kappa shape index (κ3) is 3.43. The zero-order valence-corrected chi connectivity index (χ0v) is 13.8. The predicted molar refractivity (Wildman–Crippen MR) is 84.8 cm³/mol. The molecule has 0 bridgehead atoms. The molecule has 1 aliphatic rings. The van der Waals surface area contributed by atoms with Crippen molar-refractivity contribution < 1.29 is 9.72 Å². The molecule has 2 rings (SSSR count). The SMILES string of the molecule is Cc1c(C(=O)N2CCC(C(C)Br)CC2)cccc1[N+](=O)[O-]. The van der Waals surface area contributed by atoms with E-state index in [4.69, 9.17) is 0 Å². The second kappa shape index (κ2) is 6.56. The Labute approximate surface area is 132 Å². The third-order valence-corrected chi connectivity index (χ3v) is 4.96. The van der Waals surface area contributed by atoms with Crippen molar-refractivity contribution in [2.24, 2.45) is 5.92 Å². The normalized spacial score (nSPS) is 17.6. The third-order valence-electron chi connectivity index (χ3n) is 4.21. The van der Waals surface area contributed by atoms with E-state index in [9.17, 15) is 14.9 Å². The minimum atomic E-state index is -0.440. The Morgan fingerprint density at radius 3 is 2.57 bits per heavy atom. The first-order chi connectivity index (χ1) is 9.91. The van der Waals surface area contributed by atoms with Gasteiger partial charge in [-0.15, -0.1) is 0 Å². The maximum atomic E-state index is 12.6. The van der Waals surface area contributed by atoms with E-state index >= 15 is 0 Å². The number of nitrogens with zero attached hydrogens (tertiary/aromatic N) is 2. The number of hydrogen-bond acceptors (Lipinski definition) is 3. The Morgan fingerprint density at radius 2 is 2.05 bits per heavy atom. The number of piperidine rings is 1. The van der Waals surface area contributed by atoms with Gasteiger partial charge in [-0.25, -0.2) is 0 Å². The first-order valence-electron chi connectivity index (χ1n) is 7.09. The van der Waals surface area contributed by atoms with Crippen LogP contribution in [0.25, 0.3) is 0 Å². The lowest BCUT2D eigenvalue weighted by atomic mass is 9.93. The summed E-state index contributed by atoms with van der Waals surface area (Å²) in [7, 11) is 0. The fourth-order valence-corrected chi connectivity index (χ4v) is 3.31. The Hall–Kier alpha value is -1.43. The van der Waals surface area contributed by atoms with Crippen molar-refractivity contribution in [3.8, 4) is 0 Å². The van der Waals surface area contributed by atoms with Gasteiger partial charge in [0.2, 0.25) is 0 Å². The van der Waals surface area contributed by atoms with Gasteiger partial charge in [0.15, 0.2) is 0 Å². The van der Waals surface area contributed by atoms with Crippen molar-refractivity contribution in [1.29, 1.82) is 0 Å². The molecule has 1 aromatic rings. The van der Waals surface area contributed by atoms with Crippen molar-refractivity contribution in [1.82, 2.24) is 4.90 Å². The van der Waals surface area contributed by atoms with Crippen LogP contribution in [0, 0.1) is 23.0 Å². The molecule has 0 radical (unpaired) electrons. The standard InChI is InChI=1S/C15H19BrN2O3/c1-10-13(4-3-5-14(10)18(20)21)15(19)17-8-6-12(7-9-17)11(2)16/h3-5,11-12H,6-9H2,1-2H3. The Bertz CT molecular complexity index is 552. The minimum Gasteiger partial charge on any atom is -0.339 e. The van der Waals surface area contributed by atoms with Gasteiger partial charge in [-0.3, -0.25) is 14.9 Å². The number of nitro benzene ring substituents is 1. The molecule has 1 atom stereocenters. The lowest BCUT2D eigenvalue weighted by Crippen LogP contribution is -2.40. The van der Waals surface area contributed by atoms with Crippen molar-refractivity contribution in [2.75, 3.05) is 13.1 Å². The van der Waals surface area contributed by atoms with Crippen LogP contribution >= 0.6 is 15.9 Å². The molecule has 21 heavy (non-hydrogen) atoms. The molecule has 0 N–H and O–H groups in total. The lowest BCUT2D eigenvalue weighted by molar-refractivity contribution is -0.385. The molecule has 1 amide bonds. The van der Waals surface area contributed by atoms with Gasteiger partial charge in [0.05, 0.1) is 4.92 Å². The smallest absolute Gasteiger partial charge is 0.273 e. The highest BCUT2D eigenvalue weighted by Crippen LogP contribution is 2.27. The number of carbonyl (C=O) groups excluding carboxylic acids is 1. The molecular formula is C15H19BrN2O3. The molecule has 1 saturated heterocycles. The van der Waals surface area contributed by atoms with E-state index in [0.29, 0.717) is 35.0 Å². The van der Waals surface area contributed by atoms with Crippen LogP contribution in [0.3, 0.4) is 0 Å². The number of nitro groups is 1. The number of halogens is 1. The highest BCUT2D eigenvalue weighted by molar-refractivity contribution is 9.09. The number of rotatable bonds is 3. The van der Waals surface area contributed by atoms with Crippen LogP contribution in [0.5, 0.6) is 0 Å². The zero-order chi connectivity index (χ0) is 15.6. The van der Waals surface area contributed by atoms with Crippen LogP contribution < -0.4 is 0 Å². The summed E-state index contributed by atoms with van der Waals surface area (Å²) in [6, 6.07) is 4.68. The Balaban J connectivity index is 2.15. The van der Waals surface area contributed by atoms with Crippen molar-refractivity contribution >= 4 is 27.5 Å². The minimum absolute atomic E-state index is 0.00446. The van der Waals surface area contributed by atoms with Crippen molar-refractivity contribution in [2.45, 2.75) is 31.5 Å². The van der Waals surface area contributed by atoms with Crippen LogP contribution in [0.2, 0.25) is 0 Å². The average Bonchev–Trinajstić information content (AvgIpc) is 2.46. The van der Waals surface area contributed by atoms with Crippen molar-refractivity contribution in [3.63, 3.8) is 0 Å². The van der Waals surface area contributed by atoms with Gasteiger partial charge in [0, 0.05) is 35.1 Å². The van der Waals surface area contributed by atoms with Gasteiger partial charge in [-0.1, -0.05) is 28.9 Å². The topological polar surface area (TPSA) is 63.5 Å². The second-order valence-corrected chi connectivity index (χ2v) is 6.96. The molecule has 1 heterocycles. The first kappa shape index (κ1) is 15.9. The van der Waals surface area contributed by atoms with Gasteiger partial charge in [0.25, 0.3) is 11.6 Å². The summed E-state index contributed by atoms with van der Waals surface area (Å²) in [6.07, 6.45) is 1.93. The van der Waals surface area contributed by atoms with E-state index in [1.807, 2.05) is 0 Å². The van der Waals surface area contributed by atoms with Gasteiger partial charge < -0.3 is 4.90 Å². The van der Waals surface area contributed by atoms with Crippen LogP contribution in [0.15, 0.2) is 18.2 Å². The number of carbonyl (C=O) groups is 1. The summed E-state index contributed by atoms with van der Waals surface area (Å²) in [5, 5.41) is 11.0. The van der Waals surface area contributed by atoms with E-state index in [-0.39, 0.29) is 11.6 Å². The molecule has 1 aliphatic heterocycles. The van der Waals surface area contributed by atoms with Crippen molar-refractivity contribution in [3.05, 3.63) is 39.4 Å². The molecule has 1 fully saturated rings. The highest BCUT2D eigenvalue weighted by atomic mass is 79.9. The van der Waals surface area contributed by atoms with Crippen LogP contribution in [-0.2, 0) is 0 Å². The molecule has 0 saturated carbocycles. The largest absolute Gasteiger partial charge is 0.339 e. The summed E-state index contributed by atoms with van der Waals surface area (Å²) >= 11 is 3.60. The highest BCUT2D eigenvalue weighted by Gasteiger charge is 2.27. The molecule has 6 heteroatoms. The molecule has 114 valence electrons. The van der Waals surface area contributed by atoms with E-state index in [2.05, 4.69) is 22.9 Å². The number of amides is 1. The van der Waals surface area contributed by atoms with Gasteiger partial charge in [-0.2, -0.15) is 0 Å². The molecular weight excluding hydrogens is 336 g/mol. The summed E-state index contributed by atoms with van der Waals surface area (Å²) < 4.78 is 0. The fraction of sp³-hybridized carbons (Fsp3) is 0.533. The summed E-state index contributed by atoms with van der Waals surface area (Å²) in [5.74, 6) is 0.483. The van der Waals surface area contributed by atoms with Crippen LogP contribution in [0.1, 0.15) is 35.7 Å². The zero-order valence-electron chi connectivity index (χ0n) is 12.2. The average molecular weight is 355 g/mol. The van der Waals surface area contributed by atoms with E-state index in [0.717, 1.165) is 12.8 Å². The van der Waals surface area contributed by atoms with Gasteiger partial charge >= 0.3 is 0 Å². The maximum absolute atomic E-state index is 12.6. The monoisotopic (exact) mass is 354 g/mol. The molecule has 0 aromatic heterocycles. The summed E-state index contributed by atoms with van der Waals surface area (Å²) in [5.41, 5.74) is 0.892. The molecule has 1 unspecified atom stereocenters. The maximum Gasteiger partial charge on any atom is 0.273 e. The number of benzene rings is 1. The van der Waals surface area contributed by atoms with Gasteiger partial charge in [-0.05, 0) is 31.7 Å². The van der Waals surface area contributed by atoms with E-state index in [1.54, 1.807) is 24.0 Å². The molecule has 5 nitrogen and oxygen atoms in total. The second-order valence-electron chi connectivity index (χ2n) is 5.51. The molecule has 0 spiro atoms. The summed E-state index contributed by atoms with van der Waals surface area (Å²) in [4.78, 5) is 25.3. The number of likely N-dealkylation sites (tertiary alicyclic amines) is 1. The lowest BCUT2D eigenvalue weighted by Gasteiger charge is -2.33. The van der Waals surface area contributed by atoms with Crippen LogP contribution in [0.4, 0.5) is 5.69 Å². The Morgan fingerprint density at radius 1 is 1.43 bits per heavy atom. The summed E-state index contributed by atoms with van der Waals surface area (Å²) in [6.45, 7) is 5.19. The van der Waals surface area contributed by atoms with E-state index in [1.165, 1.54) is 6.07 Å².